The van der Waals surface area contributed by atoms with E-state index in [-0.39, 0.29) is 6.04 Å². The first kappa shape index (κ1) is 28.9. The second-order valence-corrected chi connectivity index (χ2v) is 13.8. The number of dihydropyridines is 1. The van der Waals surface area contributed by atoms with Gasteiger partial charge in [0.15, 0.2) is 0 Å². The standard InChI is InChI=1S/C49H32N2O/c1-2-12-34(13-3-1)42-28-36(29-43(50-42)35-20-25-41-40-16-8-9-17-46(40)52-47(41)30-35)31-18-23-37(24-19-31)51-44-26-21-32-10-4-6-14-38(32)48(44)49-39-15-7-5-11-33(39)22-27-45(49)51/h1-30,42,50H. The van der Waals surface area contributed by atoms with Gasteiger partial charge < -0.3 is 14.3 Å². The molecule has 2 aromatic heterocycles. The van der Waals surface area contributed by atoms with E-state index in [9.17, 15) is 0 Å². The van der Waals surface area contributed by atoms with Crippen LogP contribution in [0.5, 0.6) is 0 Å². The Kier molecular flexibility index (Phi) is 6.31. The SMILES string of the molecule is C1=C(c2ccc(-n3c4ccc5ccccc5c4c4c5ccccc5ccc43)cc2)C=C(c2ccc3c(c2)oc2ccccc23)NC1c1ccccc1. The number of fused-ring (bicyclic) bond motifs is 10. The van der Waals surface area contributed by atoms with Crippen molar-refractivity contribution in [3.8, 4) is 5.69 Å². The van der Waals surface area contributed by atoms with Gasteiger partial charge in [0.05, 0.1) is 17.1 Å². The topological polar surface area (TPSA) is 30.1 Å². The normalized spacial score (nSPS) is 14.7. The minimum absolute atomic E-state index is 0.0149. The minimum Gasteiger partial charge on any atom is -0.456 e. The summed E-state index contributed by atoms with van der Waals surface area (Å²) in [5.74, 6) is 0. The highest BCUT2D eigenvalue weighted by Gasteiger charge is 2.21. The fraction of sp³-hybridized carbons (Fsp3) is 0.0204. The van der Waals surface area contributed by atoms with E-state index in [0.717, 1.165) is 38.9 Å². The van der Waals surface area contributed by atoms with Crippen molar-refractivity contribution in [1.29, 1.82) is 0 Å². The van der Waals surface area contributed by atoms with E-state index in [2.05, 4.69) is 180 Å². The Morgan fingerprint density at radius 2 is 1.08 bits per heavy atom. The molecule has 1 N–H and O–H groups in total. The predicted molar refractivity (Wildman–Crippen MR) is 218 cm³/mol. The van der Waals surface area contributed by atoms with Crippen molar-refractivity contribution in [2.24, 2.45) is 0 Å². The molecule has 11 rings (SSSR count). The van der Waals surface area contributed by atoms with Gasteiger partial charge in [-0.25, -0.2) is 0 Å². The van der Waals surface area contributed by atoms with E-state index in [0.29, 0.717) is 0 Å². The summed E-state index contributed by atoms with van der Waals surface area (Å²) in [6.45, 7) is 0. The lowest BCUT2D eigenvalue weighted by Gasteiger charge is -2.26. The summed E-state index contributed by atoms with van der Waals surface area (Å²) in [6, 6.07) is 61.1. The molecule has 0 saturated heterocycles. The summed E-state index contributed by atoms with van der Waals surface area (Å²) < 4.78 is 8.72. The summed E-state index contributed by atoms with van der Waals surface area (Å²) in [7, 11) is 0. The van der Waals surface area contributed by atoms with E-state index in [1.54, 1.807) is 0 Å². The van der Waals surface area contributed by atoms with Gasteiger partial charge in [-0.1, -0.05) is 127 Å². The van der Waals surface area contributed by atoms with E-state index >= 15 is 0 Å². The number of furan rings is 1. The molecule has 1 unspecified atom stereocenters. The van der Waals surface area contributed by atoms with Crippen LogP contribution in [0.4, 0.5) is 0 Å². The van der Waals surface area contributed by atoms with Crippen LogP contribution in [0.15, 0.2) is 186 Å². The van der Waals surface area contributed by atoms with E-state index in [1.807, 2.05) is 12.1 Å². The zero-order valence-corrected chi connectivity index (χ0v) is 28.3. The van der Waals surface area contributed by atoms with Crippen LogP contribution < -0.4 is 5.32 Å². The lowest BCUT2D eigenvalue weighted by Crippen LogP contribution is -2.21. The number of benzene rings is 8. The van der Waals surface area contributed by atoms with Crippen molar-refractivity contribution in [3.63, 3.8) is 0 Å². The summed E-state index contributed by atoms with van der Waals surface area (Å²) in [4.78, 5) is 0. The number of nitrogens with zero attached hydrogens (tertiary/aromatic N) is 1. The third-order valence-corrected chi connectivity index (χ3v) is 10.8. The molecule has 0 amide bonds. The second-order valence-electron chi connectivity index (χ2n) is 13.8. The molecule has 0 spiro atoms. The monoisotopic (exact) mass is 664 g/mol. The van der Waals surface area contributed by atoms with Gasteiger partial charge >= 0.3 is 0 Å². The van der Waals surface area contributed by atoms with Crippen LogP contribution in [0, 0.1) is 0 Å². The van der Waals surface area contributed by atoms with Crippen LogP contribution in [0.1, 0.15) is 22.7 Å². The molecular formula is C49H32N2O. The molecule has 1 atom stereocenters. The Labute approximate surface area is 300 Å². The van der Waals surface area contributed by atoms with Crippen LogP contribution in [0.2, 0.25) is 0 Å². The first-order valence-electron chi connectivity index (χ1n) is 17.9. The van der Waals surface area contributed by atoms with Gasteiger partial charge in [-0.05, 0) is 92.9 Å². The Morgan fingerprint density at radius 1 is 0.481 bits per heavy atom. The van der Waals surface area contributed by atoms with Gasteiger partial charge in [-0.2, -0.15) is 0 Å². The molecule has 0 fully saturated rings. The molecule has 0 radical (unpaired) electrons. The van der Waals surface area contributed by atoms with Crippen molar-refractivity contribution < 1.29 is 4.42 Å². The molecule has 10 aromatic rings. The van der Waals surface area contributed by atoms with Crippen LogP contribution in [-0.4, -0.2) is 4.57 Å². The number of allylic oxidation sites excluding steroid dienone is 2. The zero-order chi connectivity index (χ0) is 34.2. The van der Waals surface area contributed by atoms with Gasteiger partial charge in [0, 0.05) is 38.5 Å². The lowest BCUT2D eigenvalue weighted by molar-refractivity contribution is 0.668. The number of hydrogen-bond acceptors (Lipinski definition) is 2. The molecule has 3 heterocycles. The van der Waals surface area contributed by atoms with E-state index in [4.69, 9.17) is 4.42 Å². The maximum Gasteiger partial charge on any atom is 0.136 e. The third-order valence-electron chi connectivity index (χ3n) is 10.8. The summed E-state index contributed by atoms with van der Waals surface area (Å²) in [6.07, 6.45) is 4.61. The second kappa shape index (κ2) is 11.3. The maximum atomic E-state index is 6.29. The molecule has 3 nitrogen and oxygen atoms in total. The zero-order valence-electron chi connectivity index (χ0n) is 28.3. The molecule has 0 saturated carbocycles. The molecule has 1 aliphatic heterocycles. The van der Waals surface area contributed by atoms with Gasteiger partial charge in [-0.15, -0.1) is 0 Å². The van der Waals surface area contributed by atoms with Crippen molar-refractivity contribution in [3.05, 3.63) is 199 Å². The Bertz CT molecular complexity index is 2990. The molecule has 8 aromatic carbocycles. The number of aromatic nitrogens is 1. The summed E-state index contributed by atoms with van der Waals surface area (Å²) in [5.41, 5.74) is 11.1. The van der Waals surface area contributed by atoms with Crippen molar-refractivity contribution in [2.75, 3.05) is 0 Å². The molecule has 1 aliphatic rings. The molecular weight excluding hydrogens is 633 g/mol. The average Bonchev–Trinajstić information content (AvgIpc) is 3.77. The maximum absolute atomic E-state index is 6.29. The summed E-state index contributed by atoms with van der Waals surface area (Å²) in [5, 5.41) is 13.8. The number of para-hydroxylation sites is 1. The van der Waals surface area contributed by atoms with Gasteiger partial charge in [-0.3, -0.25) is 0 Å². The Hall–Kier alpha value is -6.84. The quantitative estimate of drug-likeness (QED) is 0.203. The van der Waals surface area contributed by atoms with Crippen molar-refractivity contribution in [1.82, 2.24) is 9.88 Å². The molecule has 244 valence electrons. The first-order chi connectivity index (χ1) is 25.8. The van der Waals surface area contributed by atoms with Crippen LogP contribution in [0.25, 0.3) is 82.2 Å². The molecule has 52 heavy (non-hydrogen) atoms. The number of nitrogens with one attached hydrogen (secondary N) is 1. The Morgan fingerprint density at radius 3 is 1.79 bits per heavy atom. The minimum atomic E-state index is 0.0149. The van der Waals surface area contributed by atoms with Crippen LogP contribution >= 0.6 is 0 Å². The highest BCUT2D eigenvalue weighted by atomic mass is 16.3. The predicted octanol–water partition coefficient (Wildman–Crippen LogP) is 12.8. The third kappa shape index (κ3) is 4.46. The fourth-order valence-corrected chi connectivity index (χ4v) is 8.34. The average molecular weight is 665 g/mol. The summed E-state index contributed by atoms with van der Waals surface area (Å²) >= 11 is 0. The first-order valence-corrected chi connectivity index (χ1v) is 17.9. The number of rotatable bonds is 4. The van der Waals surface area contributed by atoms with Gasteiger partial charge in [0.1, 0.15) is 11.2 Å². The molecule has 3 heteroatoms. The largest absolute Gasteiger partial charge is 0.456 e. The van der Waals surface area contributed by atoms with Gasteiger partial charge in [0.2, 0.25) is 0 Å². The number of hydrogen-bond donors (Lipinski definition) is 1. The molecule has 0 bridgehead atoms. The van der Waals surface area contributed by atoms with E-state index in [1.165, 1.54) is 60.1 Å². The van der Waals surface area contributed by atoms with Crippen molar-refractivity contribution >= 4 is 76.6 Å². The van der Waals surface area contributed by atoms with Gasteiger partial charge in [0.25, 0.3) is 0 Å². The highest BCUT2D eigenvalue weighted by Crippen LogP contribution is 2.41. The van der Waals surface area contributed by atoms with E-state index < -0.39 is 0 Å². The Balaban J connectivity index is 1.06. The lowest BCUT2D eigenvalue weighted by atomic mass is 9.93. The fourth-order valence-electron chi connectivity index (χ4n) is 8.34. The van der Waals surface area contributed by atoms with Crippen LogP contribution in [-0.2, 0) is 0 Å². The highest BCUT2D eigenvalue weighted by molar-refractivity contribution is 6.28. The molecule has 0 aliphatic carbocycles. The van der Waals surface area contributed by atoms with Crippen molar-refractivity contribution in [2.45, 2.75) is 6.04 Å². The smallest absolute Gasteiger partial charge is 0.136 e. The van der Waals surface area contributed by atoms with Crippen LogP contribution in [0.3, 0.4) is 0 Å².